The van der Waals surface area contributed by atoms with Gasteiger partial charge in [-0.1, -0.05) is 0 Å². The monoisotopic (exact) mass is 628 g/mol. The number of hydrogen-bond acceptors (Lipinski definition) is 3. The summed E-state index contributed by atoms with van der Waals surface area (Å²) < 4.78 is 5.22. The number of anilines is 3. The van der Waals surface area contributed by atoms with Crippen LogP contribution in [0.2, 0.25) is 0 Å². The first-order valence-electron chi connectivity index (χ1n) is 8.69. The van der Waals surface area contributed by atoms with E-state index in [0.717, 1.165) is 3.58 Å². The molecule has 2 amide bonds. The van der Waals surface area contributed by atoms with E-state index in [4.69, 9.17) is 0 Å². The van der Waals surface area contributed by atoms with Crippen molar-refractivity contribution in [3.63, 3.8) is 0 Å². The van der Waals surface area contributed by atoms with E-state index in [0.29, 0.717) is 0 Å². The molecule has 2 aromatic carbocycles. The molecule has 0 unspecified atom stereocenters. The molecule has 1 aromatic heterocycles. The first-order valence-corrected chi connectivity index (χ1v) is 13.6. The fourth-order valence-electron chi connectivity index (χ4n) is 3.19. The summed E-state index contributed by atoms with van der Waals surface area (Å²) >= 11 is 2.08. The van der Waals surface area contributed by atoms with Gasteiger partial charge >= 0.3 is 193 Å². The number of hydrogen-bond donors (Lipinski definition) is 1. The molecular weight excluding hydrogens is 612 g/mol. The average Bonchev–Trinajstić information content (AvgIpc) is 3.17. The SMILES string of the molecule is O=C1N=C([Se])NC(=O)/C1=C\c1ccc(N2c3ccccc3[Se]c3ccccc32)[te]1. The maximum atomic E-state index is 12.2. The zero-order valence-electron chi connectivity index (χ0n) is 14.8. The second kappa shape index (κ2) is 7.74. The number of rotatable bonds is 2. The summed E-state index contributed by atoms with van der Waals surface area (Å²) in [5.41, 5.74) is 2.55. The molecule has 0 saturated carbocycles. The van der Waals surface area contributed by atoms with Crippen LogP contribution in [-0.4, -0.2) is 67.9 Å². The van der Waals surface area contributed by atoms with Crippen molar-refractivity contribution >= 4 is 98.0 Å². The fourth-order valence-corrected chi connectivity index (χ4v) is 8.57. The Hall–Kier alpha value is -1.90. The van der Waals surface area contributed by atoms with Crippen LogP contribution in [0.1, 0.15) is 3.58 Å². The van der Waals surface area contributed by atoms with Gasteiger partial charge < -0.3 is 0 Å². The molecule has 0 spiro atoms. The van der Waals surface area contributed by atoms with E-state index in [-0.39, 0.29) is 25.3 Å². The van der Waals surface area contributed by atoms with Crippen LogP contribution in [-0.2, 0) is 9.59 Å². The van der Waals surface area contributed by atoms with E-state index < -0.39 is 32.2 Å². The van der Waals surface area contributed by atoms with Crippen molar-refractivity contribution in [1.82, 2.24) is 5.32 Å². The van der Waals surface area contributed by atoms with Gasteiger partial charge in [-0.2, -0.15) is 0 Å². The zero-order valence-corrected chi connectivity index (χ0v) is 20.5. The standard InChI is InChI=1S/C21H12N3O2Se2Te/c25-19-13(20(26)23-21(27)22-19)11-12-9-10-18(29-12)24-14-5-1-3-7-16(14)28-17-8-4-2-6-15(17)24/h1-11H,(H,22,23,25,26). The van der Waals surface area contributed by atoms with Crippen molar-refractivity contribution in [2.24, 2.45) is 4.99 Å². The molecule has 1 radical (unpaired) electrons. The Bertz CT molecular complexity index is 1190. The van der Waals surface area contributed by atoms with E-state index in [1.165, 1.54) is 24.0 Å². The summed E-state index contributed by atoms with van der Waals surface area (Å²) in [6.45, 7) is 0. The Kier molecular flexibility index (Phi) is 5.09. The number of amides is 2. The second-order valence-electron chi connectivity index (χ2n) is 6.28. The van der Waals surface area contributed by atoms with Crippen molar-refractivity contribution in [2.75, 3.05) is 4.90 Å². The predicted octanol–water partition coefficient (Wildman–Crippen LogP) is 0.746. The van der Waals surface area contributed by atoms with Gasteiger partial charge in [0, 0.05) is 0 Å². The molecule has 0 bridgehead atoms. The molecule has 2 aliphatic rings. The third kappa shape index (κ3) is 3.58. The Balaban J connectivity index is 1.58. The molecule has 3 heterocycles. The molecule has 0 aliphatic carbocycles. The van der Waals surface area contributed by atoms with Crippen molar-refractivity contribution < 1.29 is 9.59 Å². The van der Waals surface area contributed by atoms with Crippen LogP contribution in [0, 0.1) is 0 Å². The number of para-hydroxylation sites is 2. The molecule has 1 N–H and O–H groups in total. The van der Waals surface area contributed by atoms with Gasteiger partial charge in [-0.15, -0.1) is 0 Å². The molecule has 5 nitrogen and oxygen atoms in total. The Morgan fingerprint density at radius 1 is 0.966 bits per heavy atom. The number of benzene rings is 2. The molecular formula is C21H12N3O2Se2Te. The van der Waals surface area contributed by atoms with Gasteiger partial charge in [-0.3, -0.25) is 0 Å². The van der Waals surface area contributed by atoms with Crippen LogP contribution >= 0.6 is 0 Å². The molecule has 0 fully saturated rings. The minimum absolute atomic E-state index is 0.0952. The third-order valence-electron chi connectivity index (χ3n) is 4.45. The van der Waals surface area contributed by atoms with E-state index in [9.17, 15) is 9.59 Å². The number of nitrogens with zero attached hydrogens (tertiary/aromatic N) is 2. The first kappa shape index (κ1) is 19.1. The topological polar surface area (TPSA) is 61.8 Å². The van der Waals surface area contributed by atoms with Gasteiger partial charge in [0.15, 0.2) is 0 Å². The van der Waals surface area contributed by atoms with E-state index >= 15 is 0 Å². The summed E-state index contributed by atoms with van der Waals surface area (Å²) in [4.78, 5) is 30.5. The zero-order chi connectivity index (χ0) is 20.0. The fraction of sp³-hybridized carbons (Fsp3) is 0. The predicted molar refractivity (Wildman–Crippen MR) is 117 cm³/mol. The summed E-state index contributed by atoms with van der Waals surface area (Å²) in [5, 5.41) is 2.56. The second-order valence-corrected chi connectivity index (χ2v) is 12.5. The Morgan fingerprint density at radius 2 is 1.62 bits per heavy atom. The number of carbonyl (C=O) groups excluding carboxylic acids is 2. The van der Waals surface area contributed by atoms with Gasteiger partial charge in [0.2, 0.25) is 0 Å². The third-order valence-corrected chi connectivity index (χ3v) is 10.1. The minimum atomic E-state index is -0.770. The maximum absolute atomic E-state index is 12.2. The number of carbonyl (C=O) groups is 2. The number of fused-ring (bicyclic) bond motifs is 2. The van der Waals surface area contributed by atoms with E-state index in [2.05, 4.69) is 85.8 Å². The summed E-state index contributed by atoms with van der Waals surface area (Å²) in [7, 11) is 0. The summed E-state index contributed by atoms with van der Waals surface area (Å²) in [6, 6.07) is 21.2. The molecule has 0 saturated heterocycles. The normalized spacial score (nSPS) is 16.9. The van der Waals surface area contributed by atoms with E-state index in [1.807, 2.05) is 6.07 Å². The van der Waals surface area contributed by atoms with Crippen LogP contribution in [0.4, 0.5) is 15.1 Å². The number of aliphatic imine (C=N–C) groups is 1. The van der Waals surface area contributed by atoms with Gasteiger partial charge in [0.25, 0.3) is 0 Å². The molecule has 8 heteroatoms. The van der Waals surface area contributed by atoms with Crippen molar-refractivity contribution in [2.45, 2.75) is 0 Å². The molecule has 141 valence electrons. The Morgan fingerprint density at radius 3 is 2.28 bits per heavy atom. The van der Waals surface area contributed by atoms with Crippen LogP contribution in [0.5, 0.6) is 0 Å². The van der Waals surface area contributed by atoms with E-state index in [1.54, 1.807) is 6.08 Å². The molecule has 0 atom stereocenters. The van der Waals surface area contributed by atoms with Crippen molar-refractivity contribution in [1.29, 1.82) is 0 Å². The summed E-state index contributed by atoms with van der Waals surface area (Å²) in [5.74, 6) is -0.905. The molecule has 29 heavy (non-hydrogen) atoms. The van der Waals surface area contributed by atoms with Crippen LogP contribution in [0.25, 0.3) is 6.08 Å². The Labute approximate surface area is 191 Å². The van der Waals surface area contributed by atoms with Crippen LogP contribution < -0.4 is 19.1 Å². The van der Waals surface area contributed by atoms with Crippen LogP contribution in [0.3, 0.4) is 0 Å². The van der Waals surface area contributed by atoms with Gasteiger partial charge in [0.05, 0.1) is 0 Å². The molecule has 2 aliphatic heterocycles. The van der Waals surface area contributed by atoms with Gasteiger partial charge in [-0.25, -0.2) is 0 Å². The quantitative estimate of drug-likeness (QED) is 0.204. The van der Waals surface area contributed by atoms with Gasteiger partial charge in [0.1, 0.15) is 0 Å². The average molecular weight is 624 g/mol. The number of amidine groups is 1. The molecule has 5 rings (SSSR count). The van der Waals surface area contributed by atoms with Crippen LogP contribution in [0.15, 0.2) is 71.2 Å². The number of nitrogens with one attached hydrogen (secondary N) is 1. The molecule has 3 aromatic rings. The van der Waals surface area contributed by atoms with Crippen molar-refractivity contribution in [3.05, 3.63) is 69.8 Å². The van der Waals surface area contributed by atoms with Gasteiger partial charge in [-0.05, 0) is 0 Å². The first-order chi connectivity index (χ1) is 14.1. The summed E-state index contributed by atoms with van der Waals surface area (Å²) in [6.07, 6.45) is 1.70. The van der Waals surface area contributed by atoms with Crippen molar-refractivity contribution in [3.8, 4) is 0 Å².